The summed E-state index contributed by atoms with van der Waals surface area (Å²) in [7, 11) is 0. The minimum Gasteiger partial charge on any atom is -0.192 e. The van der Waals surface area contributed by atoms with Crippen LogP contribution in [0.4, 0.5) is 0 Å². The molecule has 0 saturated heterocycles. The first kappa shape index (κ1) is 7.59. The van der Waals surface area contributed by atoms with E-state index in [1.54, 1.807) is 11.3 Å². The Morgan fingerprint density at radius 2 is 2.50 bits per heavy atom. The second kappa shape index (κ2) is 3.05. The topological polar surface area (TPSA) is 23.8 Å². The Morgan fingerprint density at radius 1 is 1.80 bits per heavy atom. The largest absolute Gasteiger partial charge is 0.192 e. The molecule has 0 saturated carbocycles. The van der Waals surface area contributed by atoms with E-state index in [0.717, 1.165) is 15.3 Å². The number of thiophene rings is 1. The van der Waals surface area contributed by atoms with Gasteiger partial charge < -0.3 is 0 Å². The van der Waals surface area contributed by atoms with Crippen LogP contribution in [0.25, 0.3) is 0 Å². The Balaban J connectivity index is 3.07. The van der Waals surface area contributed by atoms with Gasteiger partial charge in [0, 0.05) is 9.75 Å². The summed E-state index contributed by atoms with van der Waals surface area (Å²) in [6.07, 6.45) is 0. The van der Waals surface area contributed by atoms with Gasteiger partial charge in [0.15, 0.2) is 0 Å². The van der Waals surface area contributed by atoms with E-state index in [9.17, 15) is 0 Å². The number of nitrogens with zero attached hydrogens (tertiary/aromatic N) is 1. The maximum absolute atomic E-state index is 8.54. The monoisotopic (exact) mass is 171 g/mol. The lowest BCUT2D eigenvalue weighted by atomic mass is 10.3. The molecule has 0 atom stereocenters. The molecule has 10 heavy (non-hydrogen) atoms. The van der Waals surface area contributed by atoms with Crippen LogP contribution in [0.5, 0.6) is 0 Å². The Kier molecular flexibility index (Phi) is 2.31. The molecule has 1 rings (SSSR count). The standard InChI is InChI=1S/C7H6ClNS/c1-5-6(4-9)2-7(3-8)10-5/h2H,3H2,1H3. The van der Waals surface area contributed by atoms with Crippen molar-refractivity contribution in [3.05, 3.63) is 21.4 Å². The van der Waals surface area contributed by atoms with E-state index in [2.05, 4.69) is 6.07 Å². The van der Waals surface area contributed by atoms with E-state index in [1.165, 1.54) is 0 Å². The van der Waals surface area contributed by atoms with Gasteiger partial charge in [-0.3, -0.25) is 0 Å². The fraction of sp³-hybridized carbons (Fsp3) is 0.286. The number of hydrogen-bond acceptors (Lipinski definition) is 2. The lowest BCUT2D eigenvalue weighted by Crippen LogP contribution is -1.67. The van der Waals surface area contributed by atoms with Crippen LogP contribution in [0, 0.1) is 18.3 Å². The van der Waals surface area contributed by atoms with Crippen LogP contribution in [-0.4, -0.2) is 0 Å². The second-order valence-electron chi connectivity index (χ2n) is 1.93. The summed E-state index contributed by atoms with van der Waals surface area (Å²) < 4.78 is 0. The van der Waals surface area contributed by atoms with Crippen molar-refractivity contribution in [2.75, 3.05) is 0 Å². The van der Waals surface area contributed by atoms with E-state index in [4.69, 9.17) is 16.9 Å². The predicted molar refractivity (Wildman–Crippen MR) is 43.3 cm³/mol. The van der Waals surface area contributed by atoms with Gasteiger partial charge in [-0.1, -0.05) is 0 Å². The van der Waals surface area contributed by atoms with Crippen LogP contribution in [0.1, 0.15) is 15.3 Å². The van der Waals surface area contributed by atoms with Gasteiger partial charge in [0.05, 0.1) is 11.4 Å². The molecule has 0 unspecified atom stereocenters. The maximum atomic E-state index is 8.54. The normalized spacial score (nSPS) is 9.30. The first-order valence-electron chi connectivity index (χ1n) is 2.83. The Labute approximate surface area is 68.9 Å². The molecule has 0 N–H and O–H groups in total. The Bertz CT molecular complexity index is 272. The Hall–Kier alpha value is -0.520. The van der Waals surface area contributed by atoms with Crippen LogP contribution >= 0.6 is 22.9 Å². The van der Waals surface area contributed by atoms with Gasteiger partial charge in [0.2, 0.25) is 0 Å². The molecule has 0 aromatic carbocycles. The predicted octanol–water partition coefficient (Wildman–Crippen LogP) is 2.67. The molecule has 52 valence electrons. The number of aryl methyl sites for hydroxylation is 1. The lowest BCUT2D eigenvalue weighted by molar-refractivity contribution is 1.45. The highest BCUT2D eigenvalue weighted by atomic mass is 35.5. The molecule has 1 aromatic heterocycles. The molecule has 0 fully saturated rings. The van der Waals surface area contributed by atoms with E-state index >= 15 is 0 Å². The second-order valence-corrected chi connectivity index (χ2v) is 3.54. The average Bonchev–Trinajstić information content (AvgIpc) is 2.30. The van der Waals surface area contributed by atoms with Crippen molar-refractivity contribution in [3.63, 3.8) is 0 Å². The number of rotatable bonds is 1. The summed E-state index contributed by atoms with van der Waals surface area (Å²) >= 11 is 7.15. The Morgan fingerprint density at radius 3 is 2.80 bits per heavy atom. The van der Waals surface area contributed by atoms with Gasteiger partial charge in [0.25, 0.3) is 0 Å². The summed E-state index contributed by atoms with van der Waals surface area (Å²) in [5, 5.41) is 8.54. The zero-order valence-electron chi connectivity index (χ0n) is 5.52. The third-order valence-electron chi connectivity index (χ3n) is 1.22. The summed E-state index contributed by atoms with van der Waals surface area (Å²) in [6.45, 7) is 1.93. The first-order chi connectivity index (χ1) is 4.77. The molecule has 1 heterocycles. The molecule has 3 heteroatoms. The van der Waals surface area contributed by atoms with Crippen molar-refractivity contribution in [2.24, 2.45) is 0 Å². The highest BCUT2D eigenvalue weighted by Gasteiger charge is 2.01. The number of nitriles is 1. The fourth-order valence-corrected chi connectivity index (χ4v) is 1.80. The summed E-state index contributed by atoms with van der Waals surface area (Å²) in [5.41, 5.74) is 0.751. The molecule has 0 aliphatic heterocycles. The zero-order valence-corrected chi connectivity index (χ0v) is 7.09. The molecular formula is C7H6ClNS. The summed E-state index contributed by atoms with van der Waals surface area (Å²) in [4.78, 5) is 2.12. The van der Waals surface area contributed by atoms with Gasteiger partial charge in [-0.25, -0.2) is 0 Å². The molecule has 1 aromatic rings. The molecule has 0 aliphatic rings. The fourth-order valence-electron chi connectivity index (χ4n) is 0.721. The van der Waals surface area contributed by atoms with Crippen LogP contribution in [0.3, 0.4) is 0 Å². The van der Waals surface area contributed by atoms with Gasteiger partial charge in [-0.2, -0.15) is 5.26 Å². The molecule has 0 bridgehead atoms. The van der Waals surface area contributed by atoms with E-state index in [0.29, 0.717) is 5.88 Å². The van der Waals surface area contributed by atoms with Gasteiger partial charge >= 0.3 is 0 Å². The molecule has 1 nitrogen and oxygen atoms in total. The quantitative estimate of drug-likeness (QED) is 0.596. The molecule has 0 radical (unpaired) electrons. The maximum Gasteiger partial charge on any atom is 0.100 e. The van der Waals surface area contributed by atoms with Crippen LogP contribution in [0.15, 0.2) is 6.07 Å². The lowest BCUT2D eigenvalue weighted by Gasteiger charge is -1.78. The third kappa shape index (κ3) is 1.31. The van der Waals surface area contributed by atoms with Crippen molar-refractivity contribution >= 4 is 22.9 Å². The van der Waals surface area contributed by atoms with Gasteiger partial charge in [-0.05, 0) is 13.0 Å². The molecule has 0 amide bonds. The SMILES string of the molecule is Cc1sc(CCl)cc1C#N. The summed E-state index contributed by atoms with van der Waals surface area (Å²) in [6, 6.07) is 3.94. The van der Waals surface area contributed by atoms with E-state index in [-0.39, 0.29) is 0 Å². The number of hydrogen-bond donors (Lipinski definition) is 0. The highest BCUT2D eigenvalue weighted by molar-refractivity contribution is 7.12. The van der Waals surface area contributed by atoms with E-state index < -0.39 is 0 Å². The average molecular weight is 172 g/mol. The minimum absolute atomic E-state index is 0.507. The molecule has 0 spiro atoms. The van der Waals surface area contributed by atoms with Crippen LogP contribution < -0.4 is 0 Å². The van der Waals surface area contributed by atoms with E-state index in [1.807, 2.05) is 13.0 Å². The summed E-state index contributed by atoms with van der Waals surface area (Å²) in [5.74, 6) is 0.507. The zero-order chi connectivity index (χ0) is 7.56. The number of halogens is 1. The van der Waals surface area contributed by atoms with Crippen molar-refractivity contribution in [1.29, 1.82) is 5.26 Å². The first-order valence-corrected chi connectivity index (χ1v) is 4.18. The minimum atomic E-state index is 0.507. The highest BCUT2D eigenvalue weighted by Crippen LogP contribution is 2.21. The van der Waals surface area contributed by atoms with Crippen molar-refractivity contribution in [1.82, 2.24) is 0 Å². The van der Waals surface area contributed by atoms with Gasteiger partial charge in [-0.15, -0.1) is 22.9 Å². The van der Waals surface area contributed by atoms with Crippen molar-refractivity contribution < 1.29 is 0 Å². The van der Waals surface area contributed by atoms with Crippen LogP contribution in [0.2, 0.25) is 0 Å². The van der Waals surface area contributed by atoms with Crippen LogP contribution in [-0.2, 0) is 5.88 Å². The number of alkyl halides is 1. The molecular weight excluding hydrogens is 166 g/mol. The smallest absolute Gasteiger partial charge is 0.100 e. The third-order valence-corrected chi connectivity index (χ3v) is 2.72. The van der Waals surface area contributed by atoms with Crippen molar-refractivity contribution in [3.8, 4) is 6.07 Å². The van der Waals surface area contributed by atoms with Crippen molar-refractivity contribution in [2.45, 2.75) is 12.8 Å². The molecule has 0 aliphatic carbocycles. The van der Waals surface area contributed by atoms with Gasteiger partial charge in [0.1, 0.15) is 6.07 Å².